The molecule has 0 saturated carbocycles. The summed E-state index contributed by atoms with van der Waals surface area (Å²) in [5, 5.41) is 10.7. The van der Waals surface area contributed by atoms with Crippen LogP contribution >= 0.6 is 11.6 Å². The standard InChI is InChI=1S/C14H11ClO3/c15-12-8-11(10-4-2-1-3-5-10)6-7-13(12)18-9-14(16)17/h1-8H,9H2,(H,16,17)/p-1. The topological polar surface area (TPSA) is 49.4 Å². The molecule has 2 rings (SSSR count). The minimum Gasteiger partial charge on any atom is -0.546 e. The molecule has 2 aromatic carbocycles. The van der Waals surface area contributed by atoms with Gasteiger partial charge in [-0.25, -0.2) is 0 Å². The number of hydrogen-bond donors (Lipinski definition) is 0. The van der Waals surface area contributed by atoms with Crippen LogP contribution in [0.15, 0.2) is 48.5 Å². The van der Waals surface area contributed by atoms with Crippen molar-refractivity contribution in [3.05, 3.63) is 53.6 Å². The number of hydrogen-bond acceptors (Lipinski definition) is 3. The molecule has 0 bridgehead atoms. The van der Waals surface area contributed by atoms with E-state index in [-0.39, 0.29) is 0 Å². The molecule has 92 valence electrons. The average Bonchev–Trinajstić information content (AvgIpc) is 2.38. The Bertz CT molecular complexity index is 552. The monoisotopic (exact) mass is 261 g/mol. The van der Waals surface area contributed by atoms with E-state index in [0.717, 1.165) is 11.1 Å². The predicted molar refractivity (Wildman–Crippen MR) is 67.4 cm³/mol. The molecule has 0 spiro atoms. The lowest BCUT2D eigenvalue weighted by molar-refractivity contribution is -0.307. The zero-order valence-corrected chi connectivity index (χ0v) is 10.2. The van der Waals surface area contributed by atoms with E-state index in [4.69, 9.17) is 16.3 Å². The molecule has 0 heterocycles. The van der Waals surface area contributed by atoms with Gasteiger partial charge in [-0.05, 0) is 23.3 Å². The summed E-state index contributed by atoms with van der Waals surface area (Å²) >= 11 is 6.02. The van der Waals surface area contributed by atoms with Crippen LogP contribution in [-0.2, 0) is 4.79 Å². The molecule has 3 nitrogen and oxygen atoms in total. The van der Waals surface area contributed by atoms with Gasteiger partial charge in [-0.2, -0.15) is 0 Å². The fourth-order valence-electron chi connectivity index (χ4n) is 1.56. The molecular weight excluding hydrogens is 252 g/mol. The van der Waals surface area contributed by atoms with Crippen molar-refractivity contribution < 1.29 is 14.6 Å². The molecule has 0 aliphatic rings. The van der Waals surface area contributed by atoms with Gasteiger partial charge in [0, 0.05) is 0 Å². The average molecular weight is 262 g/mol. The van der Waals surface area contributed by atoms with Crippen LogP contribution in [0.25, 0.3) is 11.1 Å². The van der Waals surface area contributed by atoms with E-state index in [9.17, 15) is 9.90 Å². The van der Waals surface area contributed by atoms with Crippen LogP contribution in [0.5, 0.6) is 5.75 Å². The Kier molecular flexibility index (Phi) is 3.85. The number of carbonyl (C=O) groups excluding carboxylic acids is 1. The first-order valence-electron chi connectivity index (χ1n) is 5.34. The zero-order valence-electron chi connectivity index (χ0n) is 9.43. The summed E-state index contributed by atoms with van der Waals surface area (Å²) in [5.41, 5.74) is 1.98. The number of rotatable bonds is 4. The van der Waals surface area contributed by atoms with Gasteiger partial charge in [0.05, 0.1) is 11.0 Å². The zero-order chi connectivity index (χ0) is 13.0. The smallest absolute Gasteiger partial charge is 0.138 e. The molecule has 0 saturated heterocycles. The fourth-order valence-corrected chi connectivity index (χ4v) is 1.80. The van der Waals surface area contributed by atoms with E-state index < -0.39 is 12.6 Å². The van der Waals surface area contributed by atoms with Gasteiger partial charge < -0.3 is 14.6 Å². The Balaban J connectivity index is 2.22. The third-order valence-electron chi connectivity index (χ3n) is 2.38. The van der Waals surface area contributed by atoms with Crippen LogP contribution in [0.4, 0.5) is 0 Å². The van der Waals surface area contributed by atoms with E-state index in [1.807, 2.05) is 36.4 Å². The Hall–Kier alpha value is -2.00. The van der Waals surface area contributed by atoms with Gasteiger partial charge >= 0.3 is 0 Å². The van der Waals surface area contributed by atoms with Crippen LogP contribution in [0.1, 0.15) is 0 Å². The Morgan fingerprint density at radius 2 is 1.83 bits per heavy atom. The van der Waals surface area contributed by atoms with Crippen LogP contribution in [0.2, 0.25) is 5.02 Å². The van der Waals surface area contributed by atoms with Crippen molar-refractivity contribution in [2.24, 2.45) is 0 Å². The number of halogens is 1. The number of carboxylic acids is 1. The molecule has 0 amide bonds. The SMILES string of the molecule is O=C([O-])COc1ccc(-c2ccccc2)cc1Cl. The summed E-state index contributed by atoms with van der Waals surface area (Å²) < 4.78 is 5.00. The van der Waals surface area contributed by atoms with Crippen molar-refractivity contribution in [1.82, 2.24) is 0 Å². The minimum atomic E-state index is -1.28. The molecule has 4 heteroatoms. The van der Waals surface area contributed by atoms with Crippen molar-refractivity contribution >= 4 is 17.6 Å². The molecule has 0 atom stereocenters. The second-order valence-electron chi connectivity index (χ2n) is 3.67. The van der Waals surface area contributed by atoms with Crippen LogP contribution in [0.3, 0.4) is 0 Å². The summed E-state index contributed by atoms with van der Waals surface area (Å²) in [6.07, 6.45) is 0. The summed E-state index contributed by atoms with van der Waals surface area (Å²) in [5.74, 6) is -0.946. The van der Waals surface area contributed by atoms with Gasteiger partial charge in [0.25, 0.3) is 0 Å². The van der Waals surface area contributed by atoms with Crippen LogP contribution in [-0.4, -0.2) is 12.6 Å². The highest BCUT2D eigenvalue weighted by Crippen LogP contribution is 2.30. The quantitative estimate of drug-likeness (QED) is 0.847. The maximum atomic E-state index is 10.3. The normalized spacial score (nSPS) is 10.1. The molecular formula is C14H10ClO3-. The largest absolute Gasteiger partial charge is 0.546 e. The van der Waals surface area contributed by atoms with E-state index in [0.29, 0.717) is 10.8 Å². The molecule has 0 aromatic heterocycles. The highest BCUT2D eigenvalue weighted by molar-refractivity contribution is 6.32. The molecule has 0 fully saturated rings. The number of carboxylic acid groups (broad SMARTS) is 1. The van der Waals surface area contributed by atoms with Crippen molar-refractivity contribution in [1.29, 1.82) is 0 Å². The van der Waals surface area contributed by atoms with E-state index >= 15 is 0 Å². The van der Waals surface area contributed by atoms with Crippen molar-refractivity contribution in [3.63, 3.8) is 0 Å². The second-order valence-corrected chi connectivity index (χ2v) is 4.08. The van der Waals surface area contributed by atoms with Crippen molar-refractivity contribution in [3.8, 4) is 16.9 Å². The van der Waals surface area contributed by atoms with E-state index in [1.165, 1.54) is 0 Å². The predicted octanol–water partition coefficient (Wildman–Crippen LogP) is 2.14. The number of carbonyl (C=O) groups is 1. The highest BCUT2D eigenvalue weighted by Gasteiger charge is 2.04. The lowest BCUT2D eigenvalue weighted by Gasteiger charge is -2.10. The van der Waals surface area contributed by atoms with Gasteiger partial charge in [-0.3, -0.25) is 0 Å². The van der Waals surface area contributed by atoms with E-state index in [1.54, 1.807) is 12.1 Å². The first kappa shape index (κ1) is 12.5. The third-order valence-corrected chi connectivity index (χ3v) is 2.68. The molecule has 2 aromatic rings. The Morgan fingerprint density at radius 3 is 2.44 bits per heavy atom. The minimum absolute atomic E-state index is 0.334. The molecule has 0 aliphatic heterocycles. The molecule has 0 N–H and O–H groups in total. The fraction of sp³-hybridized carbons (Fsp3) is 0.0714. The molecule has 18 heavy (non-hydrogen) atoms. The summed E-state index contributed by atoms with van der Waals surface area (Å²) in [7, 11) is 0. The van der Waals surface area contributed by atoms with E-state index in [2.05, 4.69) is 0 Å². The van der Waals surface area contributed by atoms with Gasteiger partial charge in [-0.1, -0.05) is 48.0 Å². The first-order chi connectivity index (χ1) is 8.66. The highest BCUT2D eigenvalue weighted by atomic mass is 35.5. The molecule has 0 aliphatic carbocycles. The second kappa shape index (κ2) is 5.56. The summed E-state index contributed by atoms with van der Waals surface area (Å²) in [6, 6.07) is 14.9. The number of benzene rings is 2. The molecule has 0 radical (unpaired) electrons. The summed E-state index contributed by atoms with van der Waals surface area (Å²) in [6.45, 7) is -0.510. The van der Waals surface area contributed by atoms with Gasteiger partial charge in [0.2, 0.25) is 0 Å². The number of aliphatic carboxylic acids is 1. The number of ether oxygens (including phenoxy) is 1. The maximum absolute atomic E-state index is 10.3. The van der Waals surface area contributed by atoms with Crippen molar-refractivity contribution in [2.45, 2.75) is 0 Å². The maximum Gasteiger partial charge on any atom is 0.138 e. The third kappa shape index (κ3) is 3.02. The van der Waals surface area contributed by atoms with Crippen molar-refractivity contribution in [2.75, 3.05) is 6.61 Å². The van der Waals surface area contributed by atoms with Gasteiger partial charge in [0.1, 0.15) is 12.4 Å². The van der Waals surface area contributed by atoms with Gasteiger partial charge in [-0.15, -0.1) is 0 Å². The lowest BCUT2D eigenvalue weighted by atomic mass is 10.1. The Labute approximate surface area is 110 Å². The van der Waals surface area contributed by atoms with Gasteiger partial charge in [0.15, 0.2) is 0 Å². The molecule has 0 unspecified atom stereocenters. The first-order valence-corrected chi connectivity index (χ1v) is 5.72. The van der Waals surface area contributed by atoms with Crippen LogP contribution < -0.4 is 9.84 Å². The van der Waals surface area contributed by atoms with Crippen LogP contribution in [0, 0.1) is 0 Å². The lowest BCUT2D eigenvalue weighted by Crippen LogP contribution is -2.28. The summed E-state index contributed by atoms with van der Waals surface area (Å²) in [4.78, 5) is 10.3. The Morgan fingerprint density at radius 1 is 1.11 bits per heavy atom.